The van der Waals surface area contributed by atoms with Crippen LogP contribution in [0, 0.1) is 0 Å². The first-order valence-corrected chi connectivity index (χ1v) is 12.6. The van der Waals surface area contributed by atoms with Crippen LogP contribution in [0.3, 0.4) is 0 Å². The second-order valence-corrected chi connectivity index (χ2v) is 8.91. The molecule has 2 amide bonds. The summed E-state index contributed by atoms with van der Waals surface area (Å²) < 4.78 is 0. The van der Waals surface area contributed by atoms with Gasteiger partial charge in [-0.25, -0.2) is 0 Å². The van der Waals surface area contributed by atoms with Crippen LogP contribution in [-0.2, 0) is 9.59 Å². The summed E-state index contributed by atoms with van der Waals surface area (Å²) in [4.78, 5) is 25.9. The summed E-state index contributed by atoms with van der Waals surface area (Å²) in [5.74, 6) is 0.0448. The highest BCUT2D eigenvalue weighted by molar-refractivity contribution is 6.02. The molecule has 1 fully saturated rings. The molecule has 0 aromatic rings. The highest BCUT2D eigenvalue weighted by atomic mass is 16.2. The SMILES string of the molecule is CC/C=C(\C)C(CCCCCCCCCCCCCCCC)N1C(=O)CCC1=O. The standard InChI is InChI=1S/C26H47NO2/c1-4-6-7-8-9-10-11-12-13-14-15-16-17-18-20-24(23(3)19-5-2)27-25(28)21-22-26(27)29/h19,24H,4-18,20-22H2,1-3H3/b23-19+. The van der Waals surface area contributed by atoms with Crippen LogP contribution in [-0.4, -0.2) is 22.8 Å². The number of hydrogen-bond acceptors (Lipinski definition) is 2. The zero-order chi connectivity index (χ0) is 21.3. The molecule has 29 heavy (non-hydrogen) atoms. The molecule has 0 aliphatic carbocycles. The minimum Gasteiger partial charge on any atom is -0.275 e. The first kappa shape index (κ1) is 25.9. The third kappa shape index (κ3) is 11.0. The lowest BCUT2D eigenvalue weighted by atomic mass is 9.98. The van der Waals surface area contributed by atoms with E-state index in [4.69, 9.17) is 0 Å². The van der Waals surface area contributed by atoms with E-state index in [2.05, 4.69) is 26.8 Å². The number of allylic oxidation sites excluding steroid dienone is 1. The van der Waals surface area contributed by atoms with Crippen LogP contribution in [0.2, 0.25) is 0 Å². The molecule has 1 atom stereocenters. The normalized spacial score (nSPS) is 16.1. The summed E-state index contributed by atoms with van der Waals surface area (Å²) in [5.41, 5.74) is 1.19. The van der Waals surface area contributed by atoms with Crippen molar-refractivity contribution in [3.63, 3.8) is 0 Å². The van der Waals surface area contributed by atoms with Gasteiger partial charge in [0, 0.05) is 12.8 Å². The third-order valence-electron chi connectivity index (χ3n) is 6.28. The fourth-order valence-corrected chi connectivity index (χ4v) is 4.49. The van der Waals surface area contributed by atoms with Gasteiger partial charge in [-0.05, 0) is 19.8 Å². The maximum atomic E-state index is 12.2. The fourth-order valence-electron chi connectivity index (χ4n) is 4.49. The summed E-state index contributed by atoms with van der Waals surface area (Å²) in [6, 6.07) is -0.00484. The van der Waals surface area contributed by atoms with E-state index in [1.54, 1.807) is 4.90 Å². The van der Waals surface area contributed by atoms with Gasteiger partial charge in [0.25, 0.3) is 0 Å². The Morgan fingerprint density at radius 2 is 1.17 bits per heavy atom. The molecule has 0 N–H and O–H groups in total. The predicted octanol–water partition coefficient (Wildman–Crippen LogP) is 7.73. The zero-order valence-corrected chi connectivity index (χ0v) is 19.6. The molecule has 0 bridgehead atoms. The number of unbranched alkanes of at least 4 members (excludes halogenated alkanes) is 13. The second kappa shape index (κ2) is 16.7. The number of imide groups is 1. The van der Waals surface area contributed by atoms with Gasteiger partial charge in [0.15, 0.2) is 0 Å². The maximum Gasteiger partial charge on any atom is 0.230 e. The first-order valence-electron chi connectivity index (χ1n) is 12.6. The van der Waals surface area contributed by atoms with Crippen molar-refractivity contribution < 1.29 is 9.59 Å². The molecular formula is C26H47NO2. The van der Waals surface area contributed by atoms with E-state index in [0.29, 0.717) is 12.8 Å². The Balaban J connectivity index is 2.10. The predicted molar refractivity (Wildman–Crippen MR) is 124 cm³/mol. The molecule has 1 saturated heterocycles. The van der Waals surface area contributed by atoms with E-state index in [9.17, 15) is 9.59 Å². The summed E-state index contributed by atoms with van der Waals surface area (Å²) in [6.07, 6.45) is 23.8. The Hall–Kier alpha value is -1.12. The molecule has 1 rings (SSSR count). The van der Waals surface area contributed by atoms with Gasteiger partial charge in [-0.1, -0.05) is 115 Å². The van der Waals surface area contributed by atoms with Crippen molar-refractivity contribution in [3.05, 3.63) is 11.6 Å². The summed E-state index contributed by atoms with van der Waals surface area (Å²) in [7, 11) is 0. The molecule has 3 heteroatoms. The molecule has 0 aromatic heterocycles. The number of hydrogen-bond donors (Lipinski definition) is 0. The summed E-state index contributed by atoms with van der Waals surface area (Å²) >= 11 is 0. The van der Waals surface area contributed by atoms with Crippen molar-refractivity contribution in [2.24, 2.45) is 0 Å². The first-order chi connectivity index (χ1) is 14.1. The number of carbonyl (C=O) groups is 2. The quantitative estimate of drug-likeness (QED) is 0.133. The Morgan fingerprint density at radius 1 is 0.759 bits per heavy atom. The average molecular weight is 406 g/mol. The van der Waals surface area contributed by atoms with E-state index < -0.39 is 0 Å². The lowest BCUT2D eigenvalue weighted by molar-refractivity contribution is -0.140. The van der Waals surface area contributed by atoms with E-state index in [1.165, 1.54) is 89.0 Å². The molecular weight excluding hydrogens is 358 g/mol. The van der Waals surface area contributed by atoms with Crippen LogP contribution < -0.4 is 0 Å². The summed E-state index contributed by atoms with van der Waals surface area (Å²) in [6.45, 7) is 6.47. The minimum absolute atomic E-state index is 0.00484. The van der Waals surface area contributed by atoms with Crippen molar-refractivity contribution in [2.75, 3.05) is 0 Å². The van der Waals surface area contributed by atoms with Crippen LogP contribution >= 0.6 is 0 Å². The Bertz CT molecular complexity index is 467. The molecule has 1 heterocycles. The minimum atomic E-state index is -0.00484. The molecule has 3 nitrogen and oxygen atoms in total. The molecule has 0 saturated carbocycles. The van der Waals surface area contributed by atoms with Crippen LogP contribution in [0.5, 0.6) is 0 Å². The van der Waals surface area contributed by atoms with Gasteiger partial charge >= 0.3 is 0 Å². The van der Waals surface area contributed by atoms with Crippen LogP contribution in [0.25, 0.3) is 0 Å². The van der Waals surface area contributed by atoms with Gasteiger partial charge in [-0.15, -0.1) is 0 Å². The highest BCUT2D eigenvalue weighted by Gasteiger charge is 2.35. The largest absolute Gasteiger partial charge is 0.275 e. The number of carbonyl (C=O) groups excluding carboxylic acids is 2. The topological polar surface area (TPSA) is 37.4 Å². The maximum absolute atomic E-state index is 12.2. The van der Waals surface area contributed by atoms with Crippen molar-refractivity contribution in [3.8, 4) is 0 Å². The Kier molecular flexibility index (Phi) is 14.9. The van der Waals surface area contributed by atoms with Crippen LogP contribution in [0.1, 0.15) is 136 Å². The number of rotatable bonds is 18. The zero-order valence-electron chi connectivity index (χ0n) is 19.6. The number of amides is 2. The van der Waals surface area contributed by atoms with Crippen LogP contribution in [0.4, 0.5) is 0 Å². The van der Waals surface area contributed by atoms with E-state index >= 15 is 0 Å². The van der Waals surface area contributed by atoms with E-state index in [0.717, 1.165) is 19.3 Å². The van der Waals surface area contributed by atoms with Gasteiger partial charge in [-0.3, -0.25) is 14.5 Å². The van der Waals surface area contributed by atoms with Gasteiger partial charge < -0.3 is 0 Å². The smallest absolute Gasteiger partial charge is 0.230 e. The molecule has 1 unspecified atom stereocenters. The van der Waals surface area contributed by atoms with Gasteiger partial charge in [-0.2, -0.15) is 0 Å². The fraction of sp³-hybridized carbons (Fsp3) is 0.846. The molecule has 1 aliphatic rings. The molecule has 1 aliphatic heterocycles. The van der Waals surface area contributed by atoms with Gasteiger partial charge in [0.2, 0.25) is 11.8 Å². The number of likely N-dealkylation sites (tertiary alicyclic amines) is 1. The van der Waals surface area contributed by atoms with Crippen molar-refractivity contribution >= 4 is 11.8 Å². The third-order valence-corrected chi connectivity index (χ3v) is 6.28. The Labute approximate surface area is 180 Å². The summed E-state index contributed by atoms with van der Waals surface area (Å²) in [5, 5.41) is 0. The molecule has 168 valence electrons. The molecule has 0 radical (unpaired) electrons. The van der Waals surface area contributed by atoms with Crippen LogP contribution in [0.15, 0.2) is 11.6 Å². The van der Waals surface area contributed by atoms with Gasteiger partial charge in [0.05, 0.1) is 6.04 Å². The van der Waals surface area contributed by atoms with Crippen molar-refractivity contribution in [2.45, 2.75) is 142 Å². The van der Waals surface area contributed by atoms with Gasteiger partial charge in [0.1, 0.15) is 0 Å². The molecule has 0 aromatic carbocycles. The lowest BCUT2D eigenvalue weighted by Gasteiger charge is -2.27. The van der Waals surface area contributed by atoms with E-state index in [1.807, 2.05) is 0 Å². The second-order valence-electron chi connectivity index (χ2n) is 8.91. The van der Waals surface area contributed by atoms with Crippen molar-refractivity contribution in [1.82, 2.24) is 4.90 Å². The Morgan fingerprint density at radius 3 is 1.59 bits per heavy atom. The monoisotopic (exact) mass is 405 g/mol. The number of nitrogens with zero attached hydrogens (tertiary/aromatic N) is 1. The lowest BCUT2D eigenvalue weighted by Crippen LogP contribution is -2.40. The van der Waals surface area contributed by atoms with Crippen molar-refractivity contribution in [1.29, 1.82) is 0 Å². The highest BCUT2D eigenvalue weighted by Crippen LogP contribution is 2.25. The molecule has 0 spiro atoms. The van der Waals surface area contributed by atoms with E-state index in [-0.39, 0.29) is 17.9 Å². The average Bonchev–Trinajstić information content (AvgIpc) is 3.03.